The summed E-state index contributed by atoms with van der Waals surface area (Å²) in [7, 11) is 0. The first-order chi connectivity index (χ1) is 16.0. The monoisotopic (exact) mass is 469 g/mol. The minimum Gasteiger partial charge on any atom is -0.474 e. The zero-order valence-corrected chi connectivity index (χ0v) is 19.3. The number of hydrogen-bond acceptors (Lipinski definition) is 8. The standard InChI is InChI=1S/C23H24ClN5O4/c1-13(2)30-23-18(24)10-15(11-25-23)22-27-21(28-33-22)16-6-4-7-19-17(16)12-26-29(19)9-5-8-20-31-14(3)32-20/h4,6-7,10-14,20H,5,8-9H2,1-3H3. The van der Waals surface area contributed by atoms with Crippen molar-refractivity contribution >= 4 is 22.5 Å². The predicted octanol–water partition coefficient (Wildman–Crippen LogP) is 5.09. The van der Waals surface area contributed by atoms with Crippen LogP contribution in [0.15, 0.2) is 41.2 Å². The Morgan fingerprint density at radius 2 is 2.06 bits per heavy atom. The second-order valence-corrected chi connectivity index (χ2v) is 8.53. The van der Waals surface area contributed by atoms with Crippen molar-refractivity contribution in [3.05, 3.63) is 41.7 Å². The summed E-state index contributed by atoms with van der Waals surface area (Å²) in [6, 6.07) is 7.65. The van der Waals surface area contributed by atoms with Gasteiger partial charge in [-0.15, -0.1) is 0 Å². The Morgan fingerprint density at radius 3 is 2.82 bits per heavy atom. The van der Waals surface area contributed by atoms with Gasteiger partial charge in [-0.05, 0) is 39.3 Å². The molecular weight excluding hydrogens is 446 g/mol. The van der Waals surface area contributed by atoms with E-state index in [2.05, 4.69) is 20.2 Å². The number of hydrogen-bond donors (Lipinski definition) is 0. The predicted molar refractivity (Wildman–Crippen MR) is 122 cm³/mol. The van der Waals surface area contributed by atoms with Crippen molar-refractivity contribution in [1.82, 2.24) is 24.9 Å². The Kier molecular flexibility index (Phi) is 6.01. The number of benzene rings is 1. The van der Waals surface area contributed by atoms with Crippen LogP contribution in [0.1, 0.15) is 33.6 Å². The molecule has 33 heavy (non-hydrogen) atoms. The number of pyridine rings is 1. The van der Waals surface area contributed by atoms with Crippen LogP contribution >= 0.6 is 11.6 Å². The highest BCUT2D eigenvalue weighted by molar-refractivity contribution is 6.32. The molecule has 9 nitrogen and oxygen atoms in total. The maximum absolute atomic E-state index is 6.31. The van der Waals surface area contributed by atoms with Crippen LogP contribution in [-0.2, 0) is 16.0 Å². The molecule has 0 spiro atoms. The summed E-state index contributed by atoms with van der Waals surface area (Å²) in [6.45, 7) is 6.48. The molecule has 1 aliphatic rings. The lowest BCUT2D eigenvalue weighted by Gasteiger charge is -2.33. The van der Waals surface area contributed by atoms with Gasteiger partial charge in [-0.2, -0.15) is 10.1 Å². The van der Waals surface area contributed by atoms with Gasteiger partial charge in [0.25, 0.3) is 5.89 Å². The first-order valence-electron chi connectivity index (χ1n) is 10.9. The summed E-state index contributed by atoms with van der Waals surface area (Å²) in [5, 5.41) is 10.1. The molecule has 1 saturated heterocycles. The number of nitrogens with zero attached hydrogens (tertiary/aromatic N) is 5. The fraction of sp³-hybridized carbons (Fsp3) is 0.391. The van der Waals surface area contributed by atoms with E-state index in [1.54, 1.807) is 12.3 Å². The lowest BCUT2D eigenvalue weighted by molar-refractivity contribution is -0.377. The smallest absolute Gasteiger partial charge is 0.259 e. The summed E-state index contributed by atoms with van der Waals surface area (Å²) in [6.07, 6.45) is 4.93. The van der Waals surface area contributed by atoms with Gasteiger partial charge in [0.1, 0.15) is 5.02 Å². The zero-order chi connectivity index (χ0) is 22.9. The molecule has 1 fully saturated rings. The van der Waals surface area contributed by atoms with Gasteiger partial charge < -0.3 is 18.7 Å². The van der Waals surface area contributed by atoms with Crippen molar-refractivity contribution in [2.24, 2.45) is 0 Å². The summed E-state index contributed by atoms with van der Waals surface area (Å²) in [5.41, 5.74) is 2.46. The summed E-state index contributed by atoms with van der Waals surface area (Å²) in [4.78, 5) is 8.84. The molecule has 5 rings (SSSR count). The molecule has 10 heteroatoms. The van der Waals surface area contributed by atoms with Crippen LogP contribution in [0.5, 0.6) is 5.88 Å². The second-order valence-electron chi connectivity index (χ2n) is 8.12. The molecular formula is C23H24ClN5O4. The van der Waals surface area contributed by atoms with Crippen molar-refractivity contribution in [3.8, 4) is 28.7 Å². The van der Waals surface area contributed by atoms with E-state index in [1.165, 1.54) is 0 Å². The first kappa shape index (κ1) is 21.8. The Hall–Kier alpha value is -3.01. The molecule has 1 aliphatic heterocycles. The molecule has 0 saturated carbocycles. The molecule has 1 aromatic carbocycles. The third-order valence-corrected chi connectivity index (χ3v) is 5.52. The van der Waals surface area contributed by atoms with Crippen LogP contribution in [0.4, 0.5) is 0 Å². The van der Waals surface area contributed by atoms with E-state index in [9.17, 15) is 0 Å². The Morgan fingerprint density at radius 1 is 1.21 bits per heavy atom. The van der Waals surface area contributed by atoms with Crippen molar-refractivity contribution in [2.75, 3.05) is 0 Å². The third kappa shape index (κ3) is 4.57. The molecule has 0 aliphatic carbocycles. The fourth-order valence-electron chi connectivity index (χ4n) is 3.76. The minimum absolute atomic E-state index is 0.0270. The van der Waals surface area contributed by atoms with Crippen LogP contribution in [0.25, 0.3) is 33.7 Å². The molecule has 172 valence electrons. The molecule has 0 amide bonds. The number of aryl methyl sites for hydroxylation is 1. The summed E-state index contributed by atoms with van der Waals surface area (Å²) in [5.74, 6) is 1.17. The van der Waals surface area contributed by atoms with Gasteiger partial charge >= 0.3 is 0 Å². The van der Waals surface area contributed by atoms with Crippen LogP contribution < -0.4 is 4.74 Å². The van der Waals surface area contributed by atoms with Gasteiger partial charge in [0, 0.05) is 30.1 Å². The molecule has 0 atom stereocenters. The average Bonchev–Trinajstić information content (AvgIpc) is 3.41. The number of rotatable bonds is 8. The van der Waals surface area contributed by atoms with E-state index in [1.807, 2.05) is 49.8 Å². The van der Waals surface area contributed by atoms with E-state index < -0.39 is 0 Å². The van der Waals surface area contributed by atoms with E-state index in [0.29, 0.717) is 28.2 Å². The second kappa shape index (κ2) is 9.09. The van der Waals surface area contributed by atoms with Gasteiger partial charge in [0.2, 0.25) is 11.7 Å². The Labute approximate surface area is 195 Å². The fourth-order valence-corrected chi connectivity index (χ4v) is 3.97. The van der Waals surface area contributed by atoms with Gasteiger partial charge in [0.15, 0.2) is 12.6 Å². The van der Waals surface area contributed by atoms with Crippen molar-refractivity contribution < 1.29 is 18.7 Å². The van der Waals surface area contributed by atoms with E-state index in [4.69, 9.17) is 30.3 Å². The van der Waals surface area contributed by atoms with Gasteiger partial charge in [-0.3, -0.25) is 4.68 Å². The largest absolute Gasteiger partial charge is 0.474 e. The average molecular weight is 470 g/mol. The van der Waals surface area contributed by atoms with Gasteiger partial charge in [-0.1, -0.05) is 28.9 Å². The summed E-state index contributed by atoms with van der Waals surface area (Å²) >= 11 is 6.31. The highest BCUT2D eigenvalue weighted by atomic mass is 35.5. The molecule has 0 unspecified atom stereocenters. The van der Waals surface area contributed by atoms with Crippen LogP contribution in [0.2, 0.25) is 5.02 Å². The first-order valence-corrected chi connectivity index (χ1v) is 11.3. The summed E-state index contributed by atoms with van der Waals surface area (Å²) < 4.78 is 24.0. The zero-order valence-electron chi connectivity index (χ0n) is 18.6. The Bertz CT molecular complexity index is 1260. The maximum atomic E-state index is 6.31. The van der Waals surface area contributed by atoms with E-state index >= 15 is 0 Å². The number of aromatic nitrogens is 5. The number of fused-ring (bicyclic) bond motifs is 1. The lowest BCUT2D eigenvalue weighted by atomic mass is 10.1. The van der Waals surface area contributed by atoms with Crippen LogP contribution in [0.3, 0.4) is 0 Å². The number of halogens is 1. The van der Waals surface area contributed by atoms with E-state index in [0.717, 1.165) is 35.9 Å². The molecule has 4 aromatic rings. The SMILES string of the molecule is CC(C)Oc1ncc(-c2nc(-c3cccc4c3cnn4CCCC3OC(C)O3)no2)cc1Cl. The normalized spacial score (nSPS) is 18.1. The van der Waals surface area contributed by atoms with Crippen LogP contribution in [0, 0.1) is 0 Å². The van der Waals surface area contributed by atoms with Crippen molar-refractivity contribution in [2.45, 2.75) is 58.8 Å². The van der Waals surface area contributed by atoms with Gasteiger partial charge in [-0.25, -0.2) is 4.98 Å². The molecule has 0 radical (unpaired) electrons. The van der Waals surface area contributed by atoms with Gasteiger partial charge in [0.05, 0.1) is 23.4 Å². The molecule has 0 N–H and O–H groups in total. The van der Waals surface area contributed by atoms with E-state index in [-0.39, 0.29) is 18.7 Å². The Balaban J connectivity index is 1.35. The van der Waals surface area contributed by atoms with Crippen molar-refractivity contribution in [3.63, 3.8) is 0 Å². The van der Waals surface area contributed by atoms with Crippen molar-refractivity contribution in [1.29, 1.82) is 0 Å². The minimum atomic E-state index is -0.107. The molecule has 4 heterocycles. The highest BCUT2D eigenvalue weighted by Crippen LogP contribution is 2.31. The maximum Gasteiger partial charge on any atom is 0.259 e. The lowest BCUT2D eigenvalue weighted by Crippen LogP contribution is -2.38. The highest BCUT2D eigenvalue weighted by Gasteiger charge is 2.26. The van der Waals surface area contributed by atoms with Crippen LogP contribution in [-0.4, -0.2) is 43.6 Å². The molecule has 3 aromatic heterocycles. The third-order valence-electron chi connectivity index (χ3n) is 5.25. The quantitative estimate of drug-likeness (QED) is 0.352. The molecule has 0 bridgehead atoms. The topological polar surface area (TPSA) is 97.3 Å². The number of ether oxygens (including phenoxy) is 3.